The summed E-state index contributed by atoms with van der Waals surface area (Å²) >= 11 is 5.48. The highest BCUT2D eigenvalue weighted by molar-refractivity contribution is 7.71. The molecule has 0 spiro atoms. The molecule has 1 heterocycles. The number of benzene rings is 1. The monoisotopic (exact) mass is 302 g/mol. The normalized spacial score (nSPS) is 11.8. The molecule has 2 rings (SSSR count). The molecule has 0 fully saturated rings. The first kappa shape index (κ1) is 16.0. The number of unbranched alkanes of at least 4 members (excludes halogenated alkanes) is 2. The van der Waals surface area contributed by atoms with Gasteiger partial charge in [0, 0.05) is 12.7 Å². The van der Waals surface area contributed by atoms with Crippen molar-refractivity contribution in [3.05, 3.63) is 41.3 Å². The Kier molecular flexibility index (Phi) is 5.40. The Bertz CT molecular complexity index is 608. The van der Waals surface area contributed by atoms with Crippen LogP contribution in [0.5, 0.6) is 0 Å². The van der Waals surface area contributed by atoms with Gasteiger partial charge >= 0.3 is 0 Å². The molecule has 3 heteroatoms. The molecule has 1 N–H and O–H groups in total. The molecule has 0 aliphatic heterocycles. The number of H-pyrrole nitrogens is 1. The van der Waals surface area contributed by atoms with Crippen LogP contribution in [0, 0.1) is 10.2 Å². The second-order valence-electron chi connectivity index (χ2n) is 6.55. The number of hydrogen-bond acceptors (Lipinski definition) is 1. The van der Waals surface area contributed by atoms with Crippen LogP contribution in [0.3, 0.4) is 0 Å². The lowest BCUT2D eigenvalue weighted by molar-refractivity contribution is 0.271. The van der Waals surface area contributed by atoms with Crippen molar-refractivity contribution < 1.29 is 0 Å². The number of nitrogens with zero attached hydrogens (tertiary/aromatic N) is 1. The molecule has 2 nitrogen and oxygen atoms in total. The molecule has 1 aromatic heterocycles. The Hall–Kier alpha value is -1.35. The average molecular weight is 302 g/mol. The summed E-state index contributed by atoms with van der Waals surface area (Å²) in [6, 6.07) is 10.5. The minimum atomic E-state index is 0.263. The fraction of sp³-hybridized carbons (Fsp3) is 0.500. The number of rotatable bonds is 7. The Morgan fingerprint density at radius 2 is 1.86 bits per heavy atom. The van der Waals surface area contributed by atoms with Crippen molar-refractivity contribution >= 4 is 12.2 Å². The van der Waals surface area contributed by atoms with E-state index in [4.69, 9.17) is 12.2 Å². The van der Waals surface area contributed by atoms with Gasteiger partial charge in [-0.05, 0) is 29.6 Å². The van der Waals surface area contributed by atoms with Gasteiger partial charge in [-0.15, -0.1) is 0 Å². The highest BCUT2D eigenvalue weighted by Crippen LogP contribution is 2.29. The molecular formula is C18H26N2S. The van der Waals surface area contributed by atoms with Gasteiger partial charge in [0.25, 0.3) is 0 Å². The van der Waals surface area contributed by atoms with E-state index in [9.17, 15) is 0 Å². The second-order valence-corrected chi connectivity index (χ2v) is 6.94. The van der Waals surface area contributed by atoms with Crippen LogP contribution < -0.4 is 0 Å². The molecule has 1 aromatic carbocycles. The Morgan fingerprint density at radius 3 is 2.52 bits per heavy atom. The van der Waals surface area contributed by atoms with E-state index in [1.807, 2.05) is 12.3 Å². The zero-order chi connectivity index (χ0) is 15.3. The van der Waals surface area contributed by atoms with Gasteiger partial charge in [0.2, 0.25) is 0 Å². The molecule has 0 bridgehead atoms. The van der Waals surface area contributed by atoms with Crippen LogP contribution in [0.4, 0.5) is 0 Å². The Labute approximate surface area is 133 Å². The molecule has 114 valence electrons. The average Bonchev–Trinajstić information content (AvgIpc) is 2.81. The van der Waals surface area contributed by atoms with Crippen LogP contribution >= 0.6 is 12.2 Å². The lowest BCUT2D eigenvalue weighted by Crippen LogP contribution is -2.20. The lowest BCUT2D eigenvalue weighted by Gasteiger charge is -2.26. The third kappa shape index (κ3) is 4.31. The van der Waals surface area contributed by atoms with Crippen LogP contribution in [-0.4, -0.2) is 9.55 Å². The molecular weight excluding hydrogens is 276 g/mol. The summed E-state index contributed by atoms with van der Waals surface area (Å²) < 4.78 is 3.06. The van der Waals surface area contributed by atoms with Crippen LogP contribution in [0.2, 0.25) is 0 Å². The predicted molar refractivity (Wildman–Crippen MR) is 93.0 cm³/mol. The summed E-state index contributed by atoms with van der Waals surface area (Å²) in [4.78, 5) is 3.20. The Morgan fingerprint density at radius 1 is 1.14 bits per heavy atom. The van der Waals surface area contributed by atoms with Gasteiger partial charge in [0.1, 0.15) is 0 Å². The van der Waals surface area contributed by atoms with Gasteiger partial charge in [0.15, 0.2) is 4.77 Å². The molecule has 0 aliphatic rings. The van der Waals surface area contributed by atoms with Crippen LogP contribution in [-0.2, 0) is 6.54 Å². The minimum Gasteiger partial charge on any atom is -0.337 e. The number of imidazole rings is 1. The van der Waals surface area contributed by atoms with E-state index in [1.54, 1.807) is 0 Å². The summed E-state index contributed by atoms with van der Waals surface area (Å²) in [7, 11) is 0. The minimum absolute atomic E-state index is 0.263. The molecule has 2 aromatic rings. The largest absolute Gasteiger partial charge is 0.337 e. The van der Waals surface area contributed by atoms with E-state index in [-0.39, 0.29) is 5.41 Å². The van der Waals surface area contributed by atoms with Crippen molar-refractivity contribution in [3.63, 3.8) is 0 Å². The van der Waals surface area contributed by atoms with Crippen molar-refractivity contribution in [2.24, 2.45) is 5.41 Å². The van der Waals surface area contributed by atoms with Gasteiger partial charge in [-0.25, -0.2) is 0 Å². The molecule has 0 saturated carbocycles. The first-order valence-electron chi connectivity index (χ1n) is 7.87. The summed E-state index contributed by atoms with van der Waals surface area (Å²) in [5, 5.41) is 0. The summed E-state index contributed by atoms with van der Waals surface area (Å²) in [6.07, 6.45) is 7.15. The van der Waals surface area contributed by atoms with E-state index < -0.39 is 0 Å². The smallest absolute Gasteiger partial charge is 0.177 e. The standard InChI is InChI=1S/C18H26N2S/c1-4-5-9-12-18(2,3)14-20-16(13-19-17(20)21)15-10-7-6-8-11-15/h6-8,10-11,13H,4-5,9,12,14H2,1-3H3,(H,19,21). The molecule has 0 atom stereocenters. The van der Waals surface area contributed by atoms with Crippen LogP contribution in [0.1, 0.15) is 46.5 Å². The number of aromatic nitrogens is 2. The molecule has 0 saturated heterocycles. The first-order chi connectivity index (χ1) is 10.0. The molecule has 0 radical (unpaired) electrons. The first-order valence-corrected chi connectivity index (χ1v) is 8.28. The summed E-state index contributed by atoms with van der Waals surface area (Å²) in [5.74, 6) is 0. The molecule has 0 aliphatic carbocycles. The highest BCUT2D eigenvalue weighted by Gasteiger charge is 2.20. The van der Waals surface area contributed by atoms with Crippen molar-refractivity contribution in [2.45, 2.75) is 53.0 Å². The van der Waals surface area contributed by atoms with E-state index in [0.29, 0.717) is 0 Å². The maximum Gasteiger partial charge on any atom is 0.177 e. The predicted octanol–water partition coefficient (Wildman–Crippen LogP) is 5.82. The Balaban J connectivity index is 2.21. The zero-order valence-corrected chi connectivity index (χ0v) is 14.2. The van der Waals surface area contributed by atoms with Crippen LogP contribution in [0.25, 0.3) is 11.3 Å². The van der Waals surface area contributed by atoms with Gasteiger partial charge in [-0.2, -0.15) is 0 Å². The highest BCUT2D eigenvalue weighted by atomic mass is 32.1. The van der Waals surface area contributed by atoms with E-state index in [0.717, 1.165) is 11.3 Å². The van der Waals surface area contributed by atoms with Crippen LogP contribution in [0.15, 0.2) is 36.5 Å². The fourth-order valence-corrected chi connectivity index (χ4v) is 2.98. The summed E-state index contributed by atoms with van der Waals surface area (Å²) in [6.45, 7) is 7.89. The maximum atomic E-state index is 5.48. The lowest BCUT2D eigenvalue weighted by atomic mass is 9.86. The van der Waals surface area contributed by atoms with E-state index >= 15 is 0 Å². The van der Waals surface area contributed by atoms with E-state index in [2.05, 4.69) is 54.6 Å². The van der Waals surface area contributed by atoms with Crippen molar-refractivity contribution in [1.29, 1.82) is 0 Å². The third-order valence-corrected chi connectivity index (χ3v) is 4.32. The SMILES string of the molecule is CCCCCC(C)(C)Cn1c(-c2ccccc2)c[nH]c1=S. The van der Waals surface area contributed by atoms with Gasteiger partial charge in [-0.3, -0.25) is 0 Å². The number of nitrogens with one attached hydrogen (secondary N) is 1. The third-order valence-electron chi connectivity index (χ3n) is 3.98. The molecule has 0 amide bonds. The topological polar surface area (TPSA) is 20.7 Å². The van der Waals surface area contributed by atoms with Gasteiger partial charge in [0.05, 0.1) is 5.69 Å². The zero-order valence-electron chi connectivity index (χ0n) is 13.4. The number of hydrogen-bond donors (Lipinski definition) is 1. The quantitative estimate of drug-likeness (QED) is 0.505. The van der Waals surface area contributed by atoms with Gasteiger partial charge < -0.3 is 9.55 Å². The number of aromatic amines is 1. The fourth-order valence-electron chi connectivity index (χ4n) is 2.76. The molecule has 0 unspecified atom stereocenters. The van der Waals surface area contributed by atoms with Crippen molar-refractivity contribution in [2.75, 3.05) is 0 Å². The maximum absolute atomic E-state index is 5.48. The van der Waals surface area contributed by atoms with Gasteiger partial charge in [-0.1, -0.05) is 70.4 Å². The van der Waals surface area contributed by atoms with Crippen molar-refractivity contribution in [3.8, 4) is 11.3 Å². The second kappa shape index (κ2) is 7.08. The molecule has 21 heavy (non-hydrogen) atoms. The summed E-state index contributed by atoms with van der Waals surface area (Å²) in [5.41, 5.74) is 2.66. The van der Waals surface area contributed by atoms with Crippen molar-refractivity contribution in [1.82, 2.24) is 9.55 Å². The van der Waals surface area contributed by atoms with E-state index in [1.165, 1.54) is 36.9 Å².